The molecule has 1 aliphatic heterocycles. The minimum absolute atomic E-state index is 0.0578. The summed E-state index contributed by atoms with van der Waals surface area (Å²) in [5, 5.41) is 12.0. The van der Waals surface area contributed by atoms with Gasteiger partial charge in [0.1, 0.15) is 5.75 Å². The second kappa shape index (κ2) is 5.84. The van der Waals surface area contributed by atoms with E-state index >= 15 is 0 Å². The summed E-state index contributed by atoms with van der Waals surface area (Å²) in [4.78, 5) is 13.5. The van der Waals surface area contributed by atoms with Crippen molar-refractivity contribution in [2.24, 2.45) is 0 Å². The molecule has 0 fully saturated rings. The lowest BCUT2D eigenvalue weighted by molar-refractivity contribution is -0.121. The first-order chi connectivity index (χ1) is 8.76. The first-order valence-electron chi connectivity index (χ1n) is 6.08. The fourth-order valence-electron chi connectivity index (χ4n) is 2.04. The van der Waals surface area contributed by atoms with Crippen LogP contribution in [-0.2, 0) is 11.3 Å². The van der Waals surface area contributed by atoms with Gasteiger partial charge in [0.2, 0.25) is 0 Å². The standard InChI is InChI=1S/C13H18N2O3/c1-14-8-10-3-4-12-11(7-10)15(5-2-6-16)13(17)9-18-12/h3-4,7,14,16H,2,5-6,8-9H2,1H3. The lowest BCUT2D eigenvalue weighted by atomic mass is 10.1. The van der Waals surface area contributed by atoms with E-state index in [4.69, 9.17) is 9.84 Å². The molecule has 1 aromatic rings. The first kappa shape index (κ1) is 12.9. The minimum atomic E-state index is -0.0578. The molecule has 1 heterocycles. The van der Waals surface area contributed by atoms with Gasteiger partial charge >= 0.3 is 0 Å². The Morgan fingerprint density at radius 3 is 3.06 bits per heavy atom. The summed E-state index contributed by atoms with van der Waals surface area (Å²) in [6, 6.07) is 5.83. The van der Waals surface area contributed by atoms with E-state index < -0.39 is 0 Å². The minimum Gasteiger partial charge on any atom is -0.482 e. The number of aliphatic hydroxyl groups is 1. The van der Waals surface area contributed by atoms with Crippen molar-refractivity contribution in [1.29, 1.82) is 0 Å². The zero-order valence-electron chi connectivity index (χ0n) is 10.5. The number of hydrogen-bond acceptors (Lipinski definition) is 4. The summed E-state index contributed by atoms with van der Waals surface area (Å²) in [5.41, 5.74) is 1.90. The number of fused-ring (bicyclic) bond motifs is 1. The van der Waals surface area contributed by atoms with Gasteiger partial charge in [-0.15, -0.1) is 0 Å². The summed E-state index contributed by atoms with van der Waals surface area (Å²) in [5.74, 6) is 0.671. The van der Waals surface area contributed by atoms with Crippen LogP contribution in [0.3, 0.4) is 0 Å². The number of carbonyl (C=O) groups excluding carboxylic acids is 1. The number of anilines is 1. The van der Waals surface area contributed by atoms with Crippen molar-refractivity contribution in [1.82, 2.24) is 5.32 Å². The molecule has 1 aliphatic rings. The molecule has 0 atom stereocenters. The molecule has 2 rings (SSSR count). The molecule has 1 amide bonds. The number of benzene rings is 1. The number of carbonyl (C=O) groups is 1. The molecule has 2 N–H and O–H groups in total. The highest BCUT2D eigenvalue weighted by atomic mass is 16.5. The third-order valence-corrected chi connectivity index (χ3v) is 2.89. The number of amides is 1. The van der Waals surface area contributed by atoms with Crippen LogP contribution in [0.2, 0.25) is 0 Å². The molecule has 1 aromatic carbocycles. The monoisotopic (exact) mass is 250 g/mol. The Morgan fingerprint density at radius 1 is 1.50 bits per heavy atom. The second-order valence-corrected chi connectivity index (χ2v) is 4.24. The lowest BCUT2D eigenvalue weighted by Gasteiger charge is -2.29. The van der Waals surface area contributed by atoms with Crippen LogP contribution in [0.25, 0.3) is 0 Å². The van der Waals surface area contributed by atoms with Crippen molar-refractivity contribution < 1.29 is 14.6 Å². The Kier molecular flexibility index (Phi) is 4.17. The highest BCUT2D eigenvalue weighted by molar-refractivity contribution is 5.97. The summed E-state index contributed by atoms with van der Waals surface area (Å²) in [7, 11) is 1.88. The quantitative estimate of drug-likeness (QED) is 0.799. The van der Waals surface area contributed by atoms with Gasteiger partial charge in [0.15, 0.2) is 6.61 Å². The van der Waals surface area contributed by atoms with Crippen LogP contribution in [0, 0.1) is 0 Å². The van der Waals surface area contributed by atoms with Crippen LogP contribution in [0.1, 0.15) is 12.0 Å². The highest BCUT2D eigenvalue weighted by Gasteiger charge is 2.25. The second-order valence-electron chi connectivity index (χ2n) is 4.24. The smallest absolute Gasteiger partial charge is 0.265 e. The molecule has 0 bridgehead atoms. The average Bonchev–Trinajstić information content (AvgIpc) is 2.38. The number of nitrogens with zero attached hydrogens (tertiary/aromatic N) is 1. The van der Waals surface area contributed by atoms with Crippen molar-refractivity contribution in [2.75, 3.05) is 31.7 Å². The molecular formula is C13H18N2O3. The largest absolute Gasteiger partial charge is 0.482 e. The predicted molar refractivity (Wildman–Crippen MR) is 68.8 cm³/mol. The lowest BCUT2D eigenvalue weighted by Crippen LogP contribution is -2.39. The van der Waals surface area contributed by atoms with E-state index in [1.807, 2.05) is 25.2 Å². The van der Waals surface area contributed by atoms with E-state index in [1.54, 1.807) is 4.90 Å². The fourth-order valence-corrected chi connectivity index (χ4v) is 2.04. The summed E-state index contributed by atoms with van der Waals surface area (Å²) >= 11 is 0. The van der Waals surface area contributed by atoms with Gasteiger partial charge in [0, 0.05) is 19.7 Å². The highest BCUT2D eigenvalue weighted by Crippen LogP contribution is 2.33. The maximum atomic E-state index is 11.8. The van der Waals surface area contributed by atoms with Crippen molar-refractivity contribution in [2.45, 2.75) is 13.0 Å². The zero-order chi connectivity index (χ0) is 13.0. The number of nitrogens with one attached hydrogen (secondary N) is 1. The fraction of sp³-hybridized carbons (Fsp3) is 0.462. The normalized spacial score (nSPS) is 14.3. The molecule has 0 aliphatic carbocycles. The van der Waals surface area contributed by atoms with Crippen LogP contribution < -0.4 is 15.0 Å². The average molecular weight is 250 g/mol. The third kappa shape index (κ3) is 2.63. The predicted octanol–water partition coefficient (Wildman–Crippen LogP) is 0.514. The molecule has 0 spiro atoms. The van der Waals surface area contributed by atoms with Crippen molar-refractivity contribution >= 4 is 11.6 Å². The van der Waals surface area contributed by atoms with Gasteiger partial charge in [-0.25, -0.2) is 0 Å². The zero-order valence-corrected chi connectivity index (χ0v) is 10.5. The molecule has 0 saturated heterocycles. The maximum Gasteiger partial charge on any atom is 0.265 e. The molecule has 0 unspecified atom stereocenters. The van der Waals surface area contributed by atoms with Gasteiger partial charge in [-0.2, -0.15) is 0 Å². The van der Waals surface area contributed by atoms with Gasteiger partial charge in [-0.3, -0.25) is 4.79 Å². The molecule has 0 radical (unpaired) electrons. The Balaban J connectivity index is 2.27. The van der Waals surface area contributed by atoms with Gasteiger partial charge in [0.05, 0.1) is 5.69 Å². The van der Waals surface area contributed by atoms with Crippen LogP contribution in [0.5, 0.6) is 5.75 Å². The first-order valence-corrected chi connectivity index (χ1v) is 6.08. The molecule has 5 nitrogen and oxygen atoms in total. The Hall–Kier alpha value is -1.59. The molecule has 98 valence electrons. The van der Waals surface area contributed by atoms with Crippen LogP contribution in [0.15, 0.2) is 18.2 Å². The van der Waals surface area contributed by atoms with E-state index in [1.165, 1.54) is 0 Å². The van der Waals surface area contributed by atoms with Gasteiger partial charge in [-0.1, -0.05) is 6.07 Å². The van der Waals surface area contributed by atoms with E-state index in [0.717, 1.165) is 23.5 Å². The van der Waals surface area contributed by atoms with Crippen molar-refractivity contribution in [3.63, 3.8) is 0 Å². The van der Waals surface area contributed by atoms with Crippen molar-refractivity contribution in [3.05, 3.63) is 23.8 Å². The van der Waals surface area contributed by atoms with Gasteiger partial charge < -0.3 is 20.1 Å². The van der Waals surface area contributed by atoms with Crippen molar-refractivity contribution in [3.8, 4) is 5.75 Å². The number of hydrogen-bond donors (Lipinski definition) is 2. The maximum absolute atomic E-state index is 11.8. The molecule has 5 heteroatoms. The SMILES string of the molecule is CNCc1ccc2c(c1)N(CCCO)C(=O)CO2. The van der Waals surface area contributed by atoms with Gasteiger partial charge in [-0.05, 0) is 31.2 Å². The Bertz CT molecular complexity index is 434. The molecule has 18 heavy (non-hydrogen) atoms. The Morgan fingerprint density at radius 2 is 2.33 bits per heavy atom. The van der Waals surface area contributed by atoms with E-state index in [9.17, 15) is 4.79 Å². The van der Waals surface area contributed by atoms with E-state index in [0.29, 0.717) is 13.0 Å². The van der Waals surface area contributed by atoms with Crippen LogP contribution >= 0.6 is 0 Å². The number of aliphatic hydroxyl groups excluding tert-OH is 1. The third-order valence-electron chi connectivity index (χ3n) is 2.89. The summed E-state index contributed by atoms with van der Waals surface area (Å²) < 4.78 is 5.40. The topological polar surface area (TPSA) is 61.8 Å². The van der Waals surface area contributed by atoms with Crippen LogP contribution in [-0.4, -0.2) is 37.8 Å². The van der Waals surface area contributed by atoms with Crippen LogP contribution in [0.4, 0.5) is 5.69 Å². The van der Waals surface area contributed by atoms with E-state index in [2.05, 4.69) is 5.32 Å². The van der Waals surface area contributed by atoms with E-state index in [-0.39, 0.29) is 19.1 Å². The summed E-state index contributed by atoms with van der Waals surface area (Å²) in [6.45, 7) is 1.42. The summed E-state index contributed by atoms with van der Waals surface area (Å²) in [6.07, 6.45) is 0.571. The number of ether oxygens (including phenoxy) is 1. The van der Waals surface area contributed by atoms with Gasteiger partial charge in [0.25, 0.3) is 5.91 Å². The number of rotatable bonds is 5. The molecular weight excluding hydrogens is 232 g/mol. The molecule has 0 aromatic heterocycles. The Labute approximate surface area is 106 Å². The molecule has 0 saturated carbocycles.